The zero-order valence-electron chi connectivity index (χ0n) is 13.0. The lowest BCUT2D eigenvalue weighted by molar-refractivity contribution is 0.0997. The lowest BCUT2D eigenvalue weighted by atomic mass is 9.93. The van der Waals surface area contributed by atoms with Crippen LogP contribution in [0, 0.1) is 0 Å². The largest absolute Gasteiger partial charge is 0.492 e. The molecular weight excluding hydrogens is 286 g/mol. The summed E-state index contributed by atoms with van der Waals surface area (Å²) in [6.45, 7) is 1.95. The first-order valence-electron chi connectivity index (χ1n) is 6.85. The van der Waals surface area contributed by atoms with Crippen molar-refractivity contribution in [2.45, 2.75) is 32.2 Å². The molecule has 0 aliphatic heterocycles. The van der Waals surface area contributed by atoms with Crippen LogP contribution in [0.25, 0.3) is 0 Å². The number of ether oxygens (including phenoxy) is 3. The number of benzene rings is 1. The van der Waals surface area contributed by atoms with Crippen LogP contribution in [0.15, 0.2) is 0 Å². The van der Waals surface area contributed by atoms with E-state index in [2.05, 4.69) is 10.2 Å². The van der Waals surface area contributed by atoms with Crippen LogP contribution in [0.5, 0.6) is 17.2 Å². The predicted octanol–water partition coefficient (Wildman–Crippen LogP) is 1.89. The Bertz CT molecular complexity index is 517. The van der Waals surface area contributed by atoms with E-state index in [4.69, 9.17) is 19.9 Å². The fraction of sp³-hybridized carbons (Fsp3) is 0.533. The molecule has 0 aromatic heterocycles. The number of methoxy groups -OCH3 is 3. The fourth-order valence-electron chi connectivity index (χ4n) is 2.54. The molecule has 6 heteroatoms. The summed E-state index contributed by atoms with van der Waals surface area (Å²) in [6, 6.07) is 0.817. The monoisotopic (exact) mass is 308 g/mol. The van der Waals surface area contributed by atoms with Crippen LogP contribution >= 0.6 is 0 Å². The average Bonchev–Trinajstić information content (AvgIpc) is 2.49. The SMILES string of the molecule is CCc1c(OC)c(OC)c(OC)c(CCC[Si])c1C(N)=O. The lowest BCUT2D eigenvalue weighted by Gasteiger charge is -2.22. The zero-order valence-corrected chi connectivity index (χ0v) is 14.0. The van der Waals surface area contributed by atoms with Crippen LogP contribution in [0.3, 0.4) is 0 Å². The summed E-state index contributed by atoms with van der Waals surface area (Å²) >= 11 is 0. The van der Waals surface area contributed by atoms with Gasteiger partial charge in [-0.2, -0.15) is 0 Å². The Labute approximate surface area is 129 Å². The van der Waals surface area contributed by atoms with E-state index in [1.807, 2.05) is 6.92 Å². The third-order valence-corrected chi connectivity index (χ3v) is 3.73. The topological polar surface area (TPSA) is 70.8 Å². The summed E-state index contributed by atoms with van der Waals surface area (Å²) in [7, 11) is 8.09. The molecule has 0 unspecified atom stereocenters. The fourth-order valence-corrected chi connectivity index (χ4v) is 2.72. The maximum Gasteiger partial charge on any atom is 0.249 e. The number of carbonyl (C=O) groups excluding carboxylic acids is 1. The smallest absolute Gasteiger partial charge is 0.249 e. The molecule has 21 heavy (non-hydrogen) atoms. The van der Waals surface area contributed by atoms with Gasteiger partial charge < -0.3 is 19.9 Å². The van der Waals surface area contributed by atoms with Crippen molar-refractivity contribution >= 4 is 16.1 Å². The zero-order chi connectivity index (χ0) is 16.0. The highest BCUT2D eigenvalue weighted by Gasteiger charge is 2.27. The Morgan fingerprint density at radius 2 is 1.57 bits per heavy atom. The van der Waals surface area contributed by atoms with Crippen LogP contribution in [0.2, 0.25) is 6.04 Å². The summed E-state index contributed by atoms with van der Waals surface area (Å²) in [5.41, 5.74) is 7.61. The van der Waals surface area contributed by atoms with Gasteiger partial charge in [-0.1, -0.05) is 19.4 Å². The summed E-state index contributed by atoms with van der Waals surface area (Å²) in [6.07, 6.45) is 2.13. The third kappa shape index (κ3) is 3.32. The molecule has 3 radical (unpaired) electrons. The van der Waals surface area contributed by atoms with Crippen LogP contribution in [-0.2, 0) is 12.8 Å². The molecule has 0 bridgehead atoms. The van der Waals surface area contributed by atoms with E-state index in [9.17, 15) is 4.79 Å². The van der Waals surface area contributed by atoms with Crippen molar-refractivity contribution in [2.24, 2.45) is 5.73 Å². The molecule has 5 nitrogen and oxygen atoms in total. The van der Waals surface area contributed by atoms with Gasteiger partial charge in [0.2, 0.25) is 11.7 Å². The Kier molecular flexibility index (Phi) is 6.55. The van der Waals surface area contributed by atoms with Crippen molar-refractivity contribution in [3.05, 3.63) is 16.7 Å². The second kappa shape index (κ2) is 7.92. The highest BCUT2D eigenvalue weighted by atomic mass is 28.1. The Morgan fingerprint density at radius 1 is 1.05 bits per heavy atom. The molecule has 0 aliphatic carbocycles. The van der Waals surface area contributed by atoms with Gasteiger partial charge in [-0.05, 0) is 12.8 Å². The van der Waals surface area contributed by atoms with Gasteiger partial charge in [0.1, 0.15) is 0 Å². The van der Waals surface area contributed by atoms with Gasteiger partial charge >= 0.3 is 0 Å². The minimum Gasteiger partial charge on any atom is -0.492 e. The van der Waals surface area contributed by atoms with Crippen LogP contribution in [0.4, 0.5) is 0 Å². The van der Waals surface area contributed by atoms with E-state index in [1.165, 1.54) is 0 Å². The van der Waals surface area contributed by atoms with Crippen molar-refractivity contribution < 1.29 is 19.0 Å². The van der Waals surface area contributed by atoms with Gasteiger partial charge in [0.25, 0.3) is 0 Å². The van der Waals surface area contributed by atoms with Gasteiger partial charge in [0.15, 0.2) is 11.5 Å². The van der Waals surface area contributed by atoms with Gasteiger partial charge in [-0.3, -0.25) is 4.79 Å². The van der Waals surface area contributed by atoms with Crippen molar-refractivity contribution in [1.82, 2.24) is 0 Å². The maximum atomic E-state index is 12.0. The number of amides is 1. The average molecular weight is 308 g/mol. The molecule has 0 atom stereocenters. The number of primary amides is 1. The number of hydrogen-bond acceptors (Lipinski definition) is 4. The molecule has 1 amide bonds. The van der Waals surface area contributed by atoms with Gasteiger partial charge in [0, 0.05) is 21.4 Å². The maximum absolute atomic E-state index is 12.0. The minimum absolute atomic E-state index is 0.477. The van der Waals surface area contributed by atoms with Crippen LogP contribution in [-0.4, -0.2) is 37.5 Å². The second-order valence-corrected chi connectivity index (χ2v) is 5.00. The standard InChI is InChI=1S/C15H22NO4Si/c1-5-9-11(15(16)17)10(7-6-8-21)13(19-3)14(20-4)12(9)18-2/h5-8H2,1-4H3,(H2,16,17). The van der Waals surface area contributed by atoms with E-state index in [0.717, 1.165) is 23.6 Å². The quantitative estimate of drug-likeness (QED) is 0.745. The van der Waals surface area contributed by atoms with Crippen molar-refractivity contribution in [2.75, 3.05) is 21.3 Å². The Hall–Kier alpha value is -1.69. The number of hydrogen-bond donors (Lipinski definition) is 1. The number of nitrogens with two attached hydrogens (primary N) is 1. The first-order valence-corrected chi connectivity index (χ1v) is 7.55. The van der Waals surface area contributed by atoms with Gasteiger partial charge in [-0.25, -0.2) is 0 Å². The first kappa shape index (κ1) is 17.4. The molecule has 2 N–H and O–H groups in total. The van der Waals surface area contributed by atoms with Crippen LogP contribution in [0.1, 0.15) is 34.8 Å². The van der Waals surface area contributed by atoms with Crippen molar-refractivity contribution in [3.63, 3.8) is 0 Å². The molecule has 0 heterocycles. The molecule has 1 aromatic carbocycles. The molecule has 0 saturated heterocycles. The van der Waals surface area contributed by atoms with Gasteiger partial charge in [0.05, 0.1) is 26.9 Å². The van der Waals surface area contributed by atoms with E-state index in [0.29, 0.717) is 35.7 Å². The molecule has 0 fully saturated rings. The van der Waals surface area contributed by atoms with E-state index in [1.54, 1.807) is 21.3 Å². The van der Waals surface area contributed by atoms with E-state index in [-0.39, 0.29) is 0 Å². The van der Waals surface area contributed by atoms with Gasteiger partial charge in [-0.15, -0.1) is 0 Å². The minimum atomic E-state index is -0.477. The van der Waals surface area contributed by atoms with E-state index >= 15 is 0 Å². The first-order chi connectivity index (χ1) is 10.1. The number of rotatable bonds is 8. The Balaban J connectivity index is 3.75. The normalized spacial score (nSPS) is 10.3. The molecule has 115 valence electrons. The lowest BCUT2D eigenvalue weighted by Crippen LogP contribution is -2.19. The third-order valence-electron chi connectivity index (χ3n) is 3.38. The molecule has 0 spiro atoms. The predicted molar refractivity (Wildman–Crippen MR) is 82.9 cm³/mol. The summed E-state index contributed by atoms with van der Waals surface area (Å²) in [4.78, 5) is 12.0. The summed E-state index contributed by atoms with van der Waals surface area (Å²) in [5.74, 6) is 1.05. The Morgan fingerprint density at radius 3 is 1.95 bits per heavy atom. The highest BCUT2D eigenvalue weighted by Crippen LogP contribution is 2.46. The summed E-state index contributed by atoms with van der Waals surface area (Å²) < 4.78 is 16.3. The highest BCUT2D eigenvalue weighted by molar-refractivity contribution is 6.08. The summed E-state index contributed by atoms with van der Waals surface area (Å²) in [5, 5.41) is 0. The molecule has 1 rings (SSSR count). The van der Waals surface area contributed by atoms with Crippen LogP contribution < -0.4 is 19.9 Å². The number of carbonyl (C=O) groups is 1. The second-order valence-electron chi connectivity index (χ2n) is 4.50. The van der Waals surface area contributed by atoms with Crippen molar-refractivity contribution in [3.8, 4) is 17.2 Å². The molecular formula is C15H22NO4Si. The molecule has 0 aliphatic rings. The molecule has 1 aromatic rings. The molecule has 0 saturated carbocycles. The van der Waals surface area contributed by atoms with Crippen molar-refractivity contribution in [1.29, 1.82) is 0 Å². The van der Waals surface area contributed by atoms with E-state index < -0.39 is 5.91 Å².